The van der Waals surface area contributed by atoms with Gasteiger partial charge in [-0.3, -0.25) is 14.5 Å². The summed E-state index contributed by atoms with van der Waals surface area (Å²) in [5.41, 5.74) is 1.80. The monoisotopic (exact) mass is 453 g/mol. The van der Waals surface area contributed by atoms with Gasteiger partial charge >= 0.3 is 18.0 Å². The first-order valence-corrected chi connectivity index (χ1v) is 11.2. The van der Waals surface area contributed by atoms with Crippen LogP contribution in [0.2, 0.25) is 0 Å². The predicted octanol–water partition coefficient (Wildman–Crippen LogP) is 4.65. The van der Waals surface area contributed by atoms with Crippen LogP contribution in [-0.4, -0.2) is 42.8 Å². The van der Waals surface area contributed by atoms with E-state index in [0.717, 1.165) is 23.1 Å². The molecule has 0 spiro atoms. The molecule has 4 rings (SSSR count). The van der Waals surface area contributed by atoms with Crippen molar-refractivity contribution >= 4 is 18.0 Å². The van der Waals surface area contributed by atoms with Crippen LogP contribution >= 0.6 is 0 Å². The average molecular weight is 454 g/mol. The van der Waals surface area contributed by atoms with Crippen molar-refractivity contribution in [2.45, 2.75) is 57.7 Å². The maximum Gasteiger partial charge on any atom is 0.411 e. The molecule has 1 aromatic rings. The number of hydrogen-bond donors (Lipinski definition) is 0. The molecule has 0 radical (unpaired) electrons. The molecule has 0 aromatic heterocycles. The molecule has 2 heterocycles. The zero-order chi connectivity index (χ0) is 24.1. The number of ether oxygens (including phenoxy) is 3. The highest BCUT2D eigenvalue weighted by Crippen LogP contribution is 2.58. The number of methoxy groups -OCH3 is 2. The van der Waals surface area contributed by atoms with E-state index in [1.807, 2.05) is 37.8 Å². The van der Waals surface area contributed by atoms with Gasteiger partial charge in [0.1, 0.15) is 5.60 Å². The smallest absolute Gasteiger partial charge is 0.411 e. The van der Waals surface area contributed by atoms with Gasteiger partial charge in [0.15, 0.2) is 5.41 Å². The molecule has 1 saturated carbocycles. The Morgan fingerprint density at radius 2 is 1.67 bits per heavy atom. The molecule has 176 valence electrons. The van der Waals surface area contributed by atoms with Crippen LogP contribution in [0.5, 0.6) is 0 Å². The van der Waals surface area contributed by atoms with E-state index in [2.05, 4.69) is 24.8 Å². The predicted molar refractivity (Wildman–Crippen MR) is 121 cm³/mol. The summed E-state index contributed by atoms with van der Waals surface area (Å²) in [6.45, 7) is 9.70. The second kappa shape index (κ2) is 8.04. The third kappa shape index (κ3) is 3.73. The third-order valence-corrected chi connectivity index (χ3v) is 6.84. The Balaban J connectivity index is 1.68. The molecule has 1 aromatic carbocycles. The van der Waals surface area contributed by atoms with Crippen LogP contribution < -0.4 is 0 Å². The number of fused-ring (bicyclic) bond motifs is 5. The standard InChI is InChI=1S/C26H31NO6/c1-15-13-26(22(28)31-5,23(29)32-6)14-17(15)11-16-12-20-18-9-7-8-10-19(18)21(16)27(20)24(30)33-25(2,3)4/h7-11,16,20-21H,1,12-14H2,2-6H3/b17-11-/t16-,20?,21?/m1/s1. The molecule has 1 saturated heterocycles. The minimum atomic E-state index is -1.41. The van der Waals surface area contributed by atoms with Crippen LogP contribution in [0.25, 0.3) is 0 Å². The molecule has 0 N–H and O–H groups in total. The van der Waals surface area contributed by atoms with Crippen molar-refractivity contribution in [2.75, 3.05) is 14.2 Å². The summed E-state index contributed by atoms with van der Waals surface area (Å²) in [6.07, 6.45) is 2.81. The summed E-state index contributed by atoms with van der Waals surface area (Å²) < 4.78 is 15.6. The van der Waals surface area contributed by atoms with Crippen molar-refractivity contribution in [1.29, 1.82) is 0 Å². The van der Waals surface area contributed by atoms with Gasteiger partial charge < -0.3 is 14.2 Å². The Hall–Kier alpha value is -3.09. The number of esters is 2. The molecular formula is C26H31NO6. The lowest BCUT2D eigenvalue weighted by molar-refractivity contribution is -0.168. The topological polar surface area (TPSA) is 82.1 Å². The fraction of sp³-hybridized carbons (Fsp3) is 0.500. The lowest BCUT2D eigenvalue weighted by atomic mass is 9.82. The molecule has 1 aliphatic carbocycles. The summed E-state index contributed by atoms with van der Waals surface area (Å²) >= 11 is 0. The van der Waals surface area contributed by atoms with Crippen LogP contribution in [0.1, 0.15) is 63.2 Å². The second-order valence-electron chi connectivity index (χ2n) is 10.1. The summed E-state index contributed by atoms with van der Waals surface area (Å²) in [7, 11) is 2.53. The Labute approximate surface area is 194 Å². The quantitative estimate of drug-likeness (QED) is 0.376. The average Bonchev–Trinajstić information content (AvgIpc) is 3.40. The highest BCUT2D eigenvalue weighted by Gasteiger charge is 2.55. The van der Waals surface area contributed by atoms with Gasteiger partial charge in [-0.1, -0.05) is 42.5 Å². The van der Waals surface area contributed by atoms with Crippen molar-refractivity contribution in [2.24, 2.45) is 11.3 Å². The summed E-state index contributed by atoms with van der Waals surface area (Å²) in [5, 5.41) is 0. The Kier molecular flexibility index (Phi) is 5.63. The molecule has 1 amide bonds. The molecule has 3 aliphatic rings. The summed E-state index contributed by atoms with van der Waals surface area (Å²) in [6, 6.07) is 7.83. The van der Waals surface area contributed by atoms with Gasteiger partial charge in [0.2, 0.25) is 0 Å². The number of amides is 1. The van der Waals surface area contributed by atoms with Crippen molar-refractivity contribution in [3.05, 3.63) is 59.2 Å². The molecule has 7 nitrogen and oxygen atoms in total. The van der Waals surface area contributed by atoms with E-state index in [0.29, 0.717) is 5.57 Å². The number of carbonyl (C=O) groups excluding carboxylic acids is 3. The Morgan fingerprint density at radius 1 is 1.06 bits per heavy atom. The fourth-order valence-electron chi connectivity index (χ4n) is 5.54. The molecule has 7 heteroatoms. The zero-order valence-corrected chi connectivity index (χ0v) is 19.8. The van der Waals surface area contributed by atoms with Gasteiger partial charge in [-0.2, -0.15) is 0 Å². The third-order valence-electron chi connectivity index (χ3n) is 6.84. The van der Waals surface area contributed by atoms with E-state index in [-0.39, 0.29) is 36.9 Å². The van der Waals surface area contributed by atoms with E-state index in [1.54, 1.807) is 0 Å². The first-order valence-electron chi connectivity index (χ1n) is 11.2. The van der Waals surface area contributed by atoms with Crippen molar-refractivity contribution in [3.8, 4) is 0 Å². The Morgan fingerprint density at radius 3 is 2.24 bits per heavy atom. The van der Waals surface area contributed by atoms with Crippen molar-refractivity contribution < 1.29 is 28.6 Å². The van der Waals surface area contributed by atoms with Gasteiger partial charge in [-0.15, -0.1) is 0 Å². The number of allylic oxidation sites excluding steroid dienone is 2. The molecular weight excluding hydrogens is 422 g/mol. The maximum atomic E-state index is 13.1. The highest BCUT2D eigenvalue weighted by molar-refractivity contribution is 6.02. The van der Waals surface area contributed by atoms with Gasteiger partial charge in [0, 0.05) is 5.92 Å². The van der Waals surface area contributed by atoms with E-state index in [1.165, 1.54) is 14.2 Å². The van der Waals surface area contributed by atoms with Gasteiger partial charge in [-0.05, 0) is 56.7 Å². The van der Waals surface area contributed by atoms with Crippen LogP contribution in [0.3, 0.4) is 0 Å². The largest absolute Gasteiger partial charge is 0.468 e. The van der Waals surface area contributed by atoms with Gasteiger partial charge in [0.25, 0.3) is 0 Å². The number of rotatable bonds is 3. The summed E-state index contributed by atoms with van der Waals surface area (Å²) in [5.74, 6) is -1.23. The van der Waals surface area contributed by atoms with Gasteiger partial charge in [-0.25, -0.2) is 4.79 Å². The molecule has 2 unspecified atom stereocenters. The number of hydrogen-bond acceptors (Lipinski definition) is 6. The van der Waals surface area contributed by atoms with Crippen molar-refractivity contribution in [1.82, 2.24) is 4.90 Å². The molecule has 2 fully saturated rings. The van der Waals surface area contributed by atoms with Crippen molar-refractivity contribution in [3.63, 3.8) is 0 Å². The second-order valence-corrected chi connectivity index (χ2v) is 10.1. The maximum absolute atomic E-state index is 13.1. The Bertz CT molecular complexity index is 1030. The lowest BCUT2D eigenvalue weighted by Gasteiger charge is -2.28. The fourth-order valence-corrected chi connectivity index (χ4v) is 5.54. The molecule has 2 bridgehead atoms. The summed E-state index contributed by atoms with van der Waals surface area (Å²) in [4.78, 5) is 40.1. The highest BCUT2D eigenvalue weighted by atomic mass is 16.6. The first kappa shape index (κ1) is 23.1. The van der Waals surface area contributed by atoms with Crippen LogP contribution in [0.4, 0.5) is 4.79 Å². The zero-order valence-electron chi connectivity index (χ0n) is 19.8. The van der Waals surface area contributed by atoms with Crippen LogP contribution in [0.15, 0.2) is 48.1 Å². The minimum Gasteiger partial charge on any atom is -0.468 e. The number of benzene rings is 1. The van der Waals surface area contributed by atoms with E-state index in [9.17, 15) is 14.4 Å². The SMILES string of the molecule is C=C1CC(C(=O)OC)(C(=O)OC)C/C1=C/[C@@H]1CC2c3ccccc3C1N2C(=O)OC(C)(C)C. The van der Waals surface area contributed by atoms with E-state index < -0.39 is 23.0 Å². The lowest BCUT2D eigenvalue weighted by Crippen LogP contribution is -2.38. The minimum absolute atomic E-state index is 0.00950. The molecule has 3 atom stereocenters. The normalized spacial score (nSPS) is 26.3. The first-order chi connectivity index (χ1) is 15.5. The molecule has 2 aliphatic heterocycles. The van der Waals surface area contributed by atoms with Crippen LogP contribution in [-0.2, 0) is 23.8 Å². The number of carbonyl (C=O) groups is 3. The van der Waals surface area contributed by atoms with E-state index in [4.69, 9.17) is 14.2 Å². The van der Waals surface area contributed by atoms with Crippen LogP contribution in [0, 0.1) is 11.3 Å². The molecule has 33 heavy (non-hydrogen) atoms. The van der Waals surface area contributed by atoms with Gasteiger partial charge in [0.05, 0.1) is 26.3 Å². The van der Waals surface area contributed by atoms with E-state index >= 15 is 0 Å². The number of nitrogens with zero attached hydrogens (tertiary/aromatic N) is 1.